The van der Waals surface area contributed by atoms with Gasteiger partial charge in [-0.25, -0.2) is 0 Å². The third kappa shape index (κ3) is 1.81. The minimum absolute atomic E-state index is 0.0874. The molecule has 54 valence electrons. The first-order valence-corrected chi connectivity index (χ1v) is 4.39. The Hall–Kier alpha value is -0.360. The normalized spacial score (nSPS) is 18.4. The molecule has 0 fully saturated rings. The highest BCUT2D eigenvalue weighted by Gasteiger charge is 2.37. The molecule has 0 spiro atoms. The maximum Gasteiger partial charge on any atom is 0.192 e. The Morgan fingerprint density at radius 1 is 1.40 bits per heavy atom. The minimum atomic E-state index is -0.0874. The Morgan fingerprint density at radius 3 is 2.50 bits per heavy atom. The number of terminal acetylenes is 1. The summed E-state index contributed by atoms with van der Waals surface area (Å²) in [4.78, 5) is 0. The van der Waals surface area contributed by atoms with Crippen LogP contribution in [0.5, 0.6) is 0 Å². The first kappa shape index (κ1) is 7.74. The van der Waals surface area contributed by atoms with E-state index >= 15 is 0 Å². The van der Waals surface area contributed by atoms with Crippen molar-refractivity contribution >= 4 is 15.9 Å². The molecule has 0 unspecified atom stereocenters. The molecule has 1 aliphatic rings. The largest absolute Gasteiger partial charge is 0.192 e. The highest BCUT2D eigenvalue weighted by Crippen LogP contribution is 2.36. The van der Waals surface area contributed by atoms with Crippen LogP contribution in [0.3, 0.4) is 0 Å². The lowest BCUT2D eigenvalue weighted by Gasteiger charge is -2.03. The highest BCUT2D eigenvalue weighted by atomic mass is 79.9. The van der Waals surface area contributed by atoms with Gasteiger partial charge in [-0.15, -0.1) is 12.3 Å². The predicted molar refractivity (Wildman–Crippen MR) is 44.1 cm³/mol. The minimum Gasteiger partial charge on any atom is -0.159 e. The van der Waals surface area contributed by atoms with Gasteiger partial charge in [-0.3, -0.25) is 0 Å². The van der Waals surface area contributed by atoms with Crippen molar-refractivity contribution in [2.45, 2.75) is 24.9 Å². The average Bonchev–Trinajstić information content (AvgIpc) is 2.67. The van der Waals surface area contributed by atoms with Crippen LogP contribution in [0.1, 0.15) is 19.3 Å². The van der Waals surface area contributed by atoms with Gasteiger partial charge in [0.15, 0.2) is 5.66 Å². The summed E-state index contributed by atoms with van der Waals surface area (Å²) >= 11 is 3.35. The quantitative estimate of drug-likeness (QED) is 0.492. The fourth-order valence-corrected chi connectivity index (χ4v) is 1.45. The Balaban J connectivity index is 2.19. The Bertz CT molecular complexity index is 175. The second kappa shape index (κ2) is 3.16. The first-order valence-electron chi connectivity index (χ1n) is 3.26. The van der Waals surface area contributed by atoms with Crippen molar-refractivity contribution in [3.63, 3.8) is 0 Å². The zero-order valence-corrected chi connectivity index (χ0v) is 7.26. The number of hydrogen-bond donors (Lipinski definition) is 0. The molecule has 0 aromatic heterocycles. The molecular formula is C7H9BrN2. The van der Waals surface area contributed by atoms with Gasteiger partial charge in [0.25, 0.3) is 0 Å². The van der Waals surface area contributed by atoms with Crippen LogP contribution < -0.4 is 0 Å². The average molecular weight is 201 g/mol. The molecule has 0 bridgehead atoms. The molecule has 1 rings (SSSR count). The third-order valence-corrected chi connectivity index (χ3v) is 1.94. The van der Waals surface area contributed by atoms with Crippen LogP contribution in [-0.4, -0.2) is 11.0 Å². The van der Waals surface area contributed by atoms with Crippen molar-refractivity contribution in [2.24, 2.45) is 10.2 Å². The molecule has 0 amide bonds. The fraction of sp³-hybridized carbons (Fsp3) is 0.714. The molecule has 10 heavy (non-hydrogen) atoms. The Kier molecular flexibility index (Phi) is 2.44. The van der Waals surface area contributed by atoms with Gasteiger partial charge in [-0.1, -0.05) is 15.9 Å². The number of alkyl halides is 1. The second-order valence-electron chi connectivity index (χ2n) is 2.33. The summed E-state index contributed by atoms with van der Waals surface area (Å²) in [6.07, 6.45) is 7.78. The van der Waals surface area contributed by atoms with E-state index in [-0.39, 0.29) is 5.66 Å². The summed E-state index contributed by atoms with van der Waals surface area (Å²) in [7, 11) is 0. The molecule has 0 saturated heterocycles. The molecule has 0 aromatic rings. The monoisotopic (exact) mass is 200 g/mol. The van der Waals surface area contributed by atoms with Crippen molar-refractivity contribution in [3.05, 3.63) is 0 Å². The smallest absolute Gasteiger partial charge is 0.159 e. The van der Waals surface area contributed by atoms with Gasteiger partial charge in [-0.05, 0) is 0 Å². The molecule has 0 N–H and O–H groups in total. The molecule has 1 heterocycles. The number of hydrogen-bond acceptors (Lipinski definition) is 2. The van der Waals surface area contributed by atoms with E-state index in [2.05, 4.69) is 32.1 Å². The zero-order valence-electron chi connectivity index (χ0n) is 5.68. The van der Waals surface area contributed by atoms with Crippen LogP contribution in [0.4, 0.5) is 0 Å². The van der Waals surface area contributed by atoms with Crippen LogP contribution >= 0.6 is 15.9 Å². The Labute approximate surface area is 69.2 Å². The summed E-state index contributed by atoms with van der Waals surface area (Å²) in [6, 6.07) is 0. The fourth-order valence-electron chi connectivity index (χ4n) is 0.819. The second-order valence-corrected chi connectivity index (χ2v) is 3.12. The maximum atomic E-state index is 5.11. The molecule has 0 saturated carbocycles. The summed E-state index contributed by atoms with van der Waals surface area (Å²) in [5, 5.41) is 8.87. The molecule has 3 heteroatoms. The van der Waals surface area contributed by atoms with E-state index in [4.69, 9.17) is 6.42 Å². The predicted octanol–water partition coefficient (Wildman–Crippen LogP) is 2.35. The van der Waals surface area contributed by atoms with E-state index in [1.54, 1.807) is 0 Å². The van der Waals surface area contributed by atoms with Crippen LogP contribution in [0.25, 0.3) is 0 Å². The first-order chi connectivity index (χ1) is 4.83. The molecule has 0 atom stereocenters. The van der Waals surface area contributed by atoms with E-state index in [1.807, 2.05) is 0 Å². The maximum absolute atomic E-state index is 5.11. The molecule has 0 aromatic carbocycles. The topological polar surface area (TPSA) is 24.7 Å². The van der Waals surface area contributed by atoms with Crippen LogP contribution in [-0.2, 0) is 0 Å². The number of nitrogens with zero attached hydrogens (tertiary/aromatic N) is 2. The third-order valence-electron chi connectivity index (χ3n) is 1.55. The zero-order chi connectivity index (χ0) is 7.45. The van der Waals surface area contributed by atoms with Crippen LogP contribution in [0.15, 0.2) is 10.2 Å². The highest BCUT2D eigenvalue weighted by molar-refractivity contribution is 9.09. The van der Waals surface area contributed by atoms with Gasteiger partial charge in [0.2, 0.25) is 0 Å². The lowest BCUT2D eigenvalue weighted by molar-refractivity contribution is 0.545. The van der Waals surface area contributed by atoms with E-state index in [1.165, 1.54) is 0 Å². The SMILES string of the molecule is C#CCCC1(CCBr)N=N1. The van der Waals surface area contributed by atoms with Gasteiger partial charge in [0.1, 0.15) is 0 Å². The van der Waals surface area contributed by atoms with Crippen molar-refractivity contribution in [2.75, 3.05) is 5.33 Å². The van der Waals surface area contributed by atoms with Crippen molar-refractivity contribution in [1.82, 2.24) is 0 Å². The van der Waals surface area contributed by atoms with Crippen molar-refractivity contribution < 1.29 is 0 Å². The molecule has 1 aliphatic heterocycles. The van der Waals surface area contributed by atoms with E-state index in [9.17, 15) is 0 Å². The van der Waals surface area contributed by atoms with Gasteiger partial charge < -0.3 is 0 Å². The molecule has 0 radical (unpaired) electrons. The molecular weight excluding hydrogens is 192 g/mol. The van der Waals surface area contributed by atoms with E-state index in [0.29, 0.717) is 0 Å². The van der Waals surface area contributed by atoms with Crippen LogP contribution in [0, 0.1) is 12.3 Å². The van der Waals surface area contributed by atoms with Crippen molar-refractivity contribution in [1.29, 1.82) is 0 Å². The van der Waals surface area contributed by atoms with Crippen molar-refractivity contribution in [3.8, 4) is 12.3 Å². The summed E-state index contributed by atoms with van der Waals surface area (Å²) < 4.78 is 0. The van der Waals surface area contributed by atoms with Crippen LogP contribution in [0.2, 0.25) is 0 Å². The standard InChI is InChI=1S/C7H9BrN2/c1-2-3-4-7(5-6-8)9-10-7/h1H,3-6H2. The summed E-state index contributed by atoms with van der Waals surface area (Å²) in [5.74, 6) is 2.59. The van der Waals surface area contributed by atoms with Gasteiger partial charge in [-0.2, -0.15) is 10.2 Å². The van der Waals surface area contributed by atoms with E-state index in [0.717, 1.165) is 24.6 Å². The van der Waals surface area contributed by atoms with Gasteiger partial charge >= 0.3 is 0 Å². The molecule has 2 nitrogen and oxygen atoms in total. The lowest BCUT2D eigenvalue weighted by Crippen LogP contribution is -2.10. The number of rotatable bonds is 4. The summed E-state index contributed by atoms with van der Waals surface area (Å²) in [6.45, 7) is 0. The van der Waals surface area contributed by atoms with Gasteiger partial charge in [0, 0.05) is 24.6 Å². The van der Waals surface area contributed by atoms with E-state index < -0.39 is 0 Å². The van der Waals surface area contributed by atoms with Gasteiger partial charge in [0.05, 0.1) is 0 Å². The summed E-state index contributed by atoms with van der Waals surface area (Å²) in [5.41, 5.74) is -0.0874. The number of halogens is 1. The Morgan fingerprint density at radius 2 is 2.10 bits per heavy atom. The molecule has 0 aliphatic carbocycles. The lowest BCUT2D eigenvalue weighted by atomic mass is 10.1.